The Hall–Kier alpha value is -1.93. The fourth-order valence-electron chi connectivity index (χ4n) is 3.02. The molecule has 1 fully saturated rings. The van der Waals surface area contributed by atoms with Crippen molar-refractivity contribution in [2.24, 2.45) is 0 Å². The molecule has 7 heteroatoms. The van der Waals surface area contributed by atoms with Gasteiger partial charge in [-0.3, -0.25) is 0 Å². The summed E-state index contributed by atoms with van der Waals surface area (Å²) >= 11 is 1.60. The van der Waals surface area contributed by atoms with Crippen molar-refractivity contribution < 1.29 is 13.2 Å². The minimum Gasteiger partial charge on any atom is -0.379 e. The van der Waals surface area contributed by atoms with Gasteiger partial charge in [0.1, 0.15) is 0 Å². The molecular weight excluding hydrogens is 380 g/mol. The first-order valence-corrected chi connectivity index (χ1v) is 11.2. The van der Waals surface area contributed by atoms with Crippen molar-refractivity contribution in [3.63, 3.8) is 0 Å². The molecular formula is C20H20N2O3S2. The Morgan fingerprint density at radius 2 is 1.81 bits per heavy atom. The van der Waals surface area contributed by atoms with Crippen molar-refractivity contribution in [1.82, 2.24) is 9.29 Å². The lowest BCUT2D eigenvalue weighted by Crippen LogP contribution is -2.40. The minimum absolute atomic E-state index is 0.342. The summed E-state index contributed by atoms with van der Waals surface area (Å²) < 4.78 is 32.4. The number of pyridine rings is 1. The van der Waals surface area contributed by atoms with Gasteiger partial charge >= 0.3 is 0 Å². The lowest BCUT2D eigenvalue weighted by molar-refractivity contribution is 0.0730. The monoisotopic (exact) mass is 400 g/mol. The van der Waals surface area contributed by atoms with E-state index >= 15 is 0 Å². The highest BCUT2D eigenvalue weighted by molar-refractivity contribution is 7.98. The summed E-state index contributed by atoms with van der Waals surface area (Å²) in [7, 11) is -3.47. The second-order valence-electron chi connectivity index (χ2n) is 6.29. The van der Waals surface area contributed by atoms with E-state index < -0.39 is 10.0 Å². The van der Waals surface area contributed by atoms with Crippen molar-refractivity contribution in [3.05, 3.63) is 66.2 Å². The normalized spacial score (nSPS) is 15.9. The number of nitrogens with zero attached hydrogens (tertiary/aromatic N) is 2. The number of morpholine rings is 1. The molecule has 3 aromatic rings. The second-order valence-corrected chi connectivity index (χ2v) is 9.23. The molecule has 2 aromatic carbocycles. The lowest BCUT2D eigenvalue weighted by Gasteiger charge is -2.26. The fourth-order valence-corrected chi connectivity index (χ4v) is 5.32. The summed E-state index contributed by atoms with van der Waals surface area (Å²) in [5, 5.41) is 2.04. The van der Waals surface area contributed by atoms with Gasteiger partial charge in [-0.25, -0.2) is 13.4 Å². The van der Waals surface area contributed by atoms with Gasteiger partial charge in [0, 0.05) is 24.2 Å². The van der Waals surface area contributed by atoms with Gasteiger partial charge in [-0.2, -0.15) is 4.31 Å². The van der Waals surface area contributed by atoms with Gasteiger partial charge in [0.2, 0.25) is 10.0 Å². The SMILES string of the molecule is O=S(=O)(c1cccc(CSc2ccc3ccccc3n2)c1)N1CCOCC1. The third-order valence-corrected chi connectivity index (χ3v) is 7.36. The maximum absolute atomic E-state index is 12.8. The van der Waals surface area contributed by atoms with Gasteiger partial charge < -0.3 is 4.74 Å². The predicted molar refractivity (Wildman–Crippen MR) is 107 cm³/mol. The van der Waals surface area contributed by atoms with Gasteiger partial charge in [-0.05, 0) is 29.8 Å². The number of rotatable bonds is 5. The molecule has 1 aliphatic heterocycles. The van der Waals surface area contributed by atoms with E-state index in [4.69, 9.17) is 4.74 Å². The molecule has 0 atom stereocenters. The highest BCUT2D eigenvalue weighted by Crippen LogP contribution is 2.25. The number of hydrogen-bond acceptors (Lipinski definition) is 5. The smallest absolute Gasteiger partial charge is 0.243 e. The Morgan fingerprint density at radius 1 is 1.00 bits per heavy atom. The Balaban J connectivity index is 1.50. The van der Waals surface area contributed by atoms with Crippen LogP contribution in [0, 0.1) is 0 Å². The van der Waals surface area contributed by atoms with E-state index in [1.807, 2.05) is 36.4 Å². The number of aromatic nitrogens is 1. The zero-order chi connectivity index (χ0) is 18.7. The van der Waals surface area contributed by atoms with Crippen molar-refractivity contribution >= 4 is 32.7 Å². The Kier molecular flexibility index (Phi) is 5.45. The first kappa shape index (κ1) is 18.4. The quantitative estimate of drug-likeness (QED) is 0.613. The molecule has 1 aromatic heterocycles. The largest absolute Gasteiger partial charge is 0.379 e. The standard InChI is InChI=1S/C20H20N2O3S2/c23-27(24,22-10-12-25-13-11-22)18-6-3-4-16(14-18)15-26-20-9-8-17-5-1-2-7-19(17)21-20/h1-9,14H,10-13,15H2. The zero-order valence-corrected chi connectivity index (χ0v) is 16.4. The summed E-state index contributed by atoms with van der Waals surface area (Å²) in [5.41, 5.74) is 1.93. The van der Waals surface area contributed by atoms with E-state index in [0.29, 0.717) is 37.0 Å². The fraction of sp³-hybridized carbons (Fsp3) is 0.250. The molecule has 0 radical (unpaired) electrons. The predicted octanol–water partition coefficient (Wildman–Crippen LogP) is 3.55. The van der Waals surface area contributed by atoms with Crippen LogP contribution in [-0.2, 0) is 20.5 Å². The Labute approximate surface area is 163 Å². The van der Waals surface area contributed by atoms with Crippen molar-refractivity contribution in [2.75, 3.05) is 26.3 Å². The first-order valence-electron chi connectivity index (χ1n) is 8.78. The number of para-hydroxylation sites is 1. The van der Waals surface area contributed by atoms with Gasteiger partial charge in [-0.15, -0.1) is 11.8 Å². The molecule has 2 heterocycles. The van der Waals surface area contributed by atoms with Gasteiger partial charge in [-0.1, -0.05) is 36.4 Å². The lowest BCUT2D eigenvalue weighted by atomic mass is 10.2. The van der Waals surface area contributed by atoms with E-state index in [1.165, 1.54) is 4.31 Å². The van der Waals surface area contributed by atoms with Gasteiger partial charge in [0.25, 0.3) is 0 Å². The van der Waals surface area contributed by atoms with Crippen LogP contribution in [0.2, 0.25) is 0 Å². The second kappa shape index (κ2) is 7.98. The van der Waals surface area contributed by atoms with Crippen LogP contribution in [0.1, 0.15) is 5.56 Å². The summed E-state index contributed by atoms with van der Waals surface area (Å²) in [6.45, 7) is 1.70. The average Bonchev–Trinajstić information content (AvgIpc) is 2.73. The Morgan fingerprint density at radius 3 is 2.67 bits per heavy atom. The zero-order valence-electron chi connectivity index (χ0n) is 14.7. The topological polar surface area (TPSA) is 59.5 Å². The number of hydrogen-bond donors (Lipinski definition) is 0. The molecule has 0 saturated carbocycles. The van der Waals surface area contributed by atoms with Crippen molar-refractivity contribution in [2.45, 2.75) is 15.7 Å². The third-order valence-electron chi connectivity index (χ3n) is 4.47. The molecule has 140 valence electrons. The van der Waals surface area contributed by atoms with Crippen LogP contribution in [0.5, 0.6) is 0 Å². The van der Waals surface area contributed by atoms with E-state index in [-0.39, 0.29) is 0 Å². The van der Waals surface area contributed by atoms with Crippen molar-refractivity contribution in [3.8, 4) is 0 Å². The van der Waals surface area contributed by atoms with Gasteiger partial charge in [0.15, 0.2) is 0 Å². The molecule has 0 spiro atoms. The van der Waals surface area contributed by atoms with E-state index in [0.717, 1.165) is 21.5 Å². The Bertz CT molecular complexity index is 1050. The van der Waals surface area contributed by atoms with Crippen LogP contribution < -0.4 is 0 Å². The molecule has 0 unspecified atom stereocenters. The molecule has 1 aliphatic rings. The molecule has 0 bridgehead atoms. The summed E-state index contributed by atoms with van der Waals surface area (Å²) in [6.07, 6.45) is 0. The van der Waals surface area contributed by atoms with Crippen molar-refractivity contribution in [1.29, 1.82) is 0 Å². The number of thioether (sulfide) groups is 1. The third kappa shape index (κ3) is 4.16. The number of sulfonamides is 1. The molecule has 0 aliphatic carbocycles. The van der Waals surface area contributed by atoms with Crippen LogP contribution in [0.25, 0.3) is 10.9 Å². The van der Waals surface area contributed by atoms with Gasteiger partial charge in [0.05, 0.1) is 28.7 Å². The minimum atomic E-state index is -3.47. The first-order chi connectivity index (χ1) is 13.1. The summed E-state index contributed by atoms with van der Waals surface area (Å²) in [5.74, 6) is 0.664. The number of ether oxygens (including phenoxy) is 1. The molecule has 1 saturated heterocycles. The molecule has 5 nitrogen and oxygen atoms in total. The van der Waals surface area contributed by atoms with Crippen LogP contribution in [-0.4, -0.2) is 44.0 Å². The number of fused-ring (bicyclic) bond motifs is 1. The highest BCUT2D eigenvalue weighted by Gasteiger charge is 2.26. The highest BCUT2D eigenvalue weighted by atomic mass is 32.2. The van der Waals surface area contributed by atoms with Crippen LogP contribution >= 0.6 is 11.8 Å². The summed E-state index contributed by atoms with van der Waals surface area (Å²) in [4.78, 5) is 5.00. The molecule has 27 heavy (non-hydrogen) atoms. The van der Waals surface area contributed by atoms with E-state index in [9.17, 15) is 8.42 Å². The molecule has 4 rings (SSSR count). The van der Waals surface area contributed by atoms with Crippen LogP contribution in [0.4, 0.5) is 0 Å². The average molecular weight is 401 g/mol. The maximum atomic E-state index is 12.8. The van der Waals surface area contributed by atoms with Crippen LogP contribution in [0.15, 0.2) is 70.6 Å². The van der Waals surface area contributed by atoms with E-state index in [2.05, 4.69) is 11.1 Å². The summed E-state index contributed by atoms with van der Waals surface area (Å²) in [6, 6.07) is 19.2. The maximum Gasteiger partial charge on any atom is 0.243 e. The molecule has 0 N–H and O–H groups in total. The number of benzene rings is 2. The van der Waals surface area contributed by atoms with Crippen LogP contribution in [0.3, 0.4) is 0 Å². The van der Waals surface area contributed by atoms with E-state index in [1.54, 1.807) is 30.0 Å². The molecule has 0 amide bonds.